The second-order valence-corrected chi connectivity index (χ2v) is 11.2. The van der Waals surface area contributed by atoms with Crippen molar-refractivity contribution in [3.63, 3.8) is 0 Å². The van der Waals surface area contributed by atoms with Crippen molar-refractivity contribution in [1.29, 1.82) is 0 Å². The fraction of sp³-hybridized carbons (Fsp3) is 0.323. The van der Waals surface area contributed by atoms with Crippen LogP contribution in [0.2, 0.25) is 0 Å². The summed E-state index contributed by atoms with van der Waals surface area (Å²) < 4.78 is 14.5. The summed E-state index contributed by atoms with van der Waals surface area (Å²) >= 11 is 1.53. The number of aliphatic carboxylic acids is 1. The zero-order chi connectivity index (χ0) is 30.2. The van der Waals surface area contributed by atoms with Crippen LogP contribution in [0.5, 0.6) is 0 Å². The minimum Gasteiger partial charge on any atom is -0.481 e. The number of nitrogens with zero attached hydrogens (tertiary/aromatic N) is 4. The maximum atomic E-state index is 12.1. The van der Waals surface area contributed by atoms with Gasteiger partial charge in [0.1, 0.15) is 0 Å². The number of hydrogen-bond donors (Lipinski definition) is 3. The molecule has 0 unspecified atom stereocenters. The molecule has 2 heterocycles. The third-order valence-electron chi connectivity index (χ3n) is 7.15. The van der Waals surface area contributed by atoms with Crippen molar-refractivity contribution in [2.45, 2.75) is 56.1 Å². The number of aromatic nitrogens is 4. The fourth-order valence-electron chi connectivity index (χ4n) is 4.81. The van der Waals surface area contributed by atoms with Crippen LogP contribution in [0.4, 0.5) is 0 Å². The summed E-state index contributed by atoms with van der Waals surface area (Å²) in [5.41, 5.74) is 5.57. The van der Waals surface area contributed by atoms with Crippen LogP contribution in [0.25, 0.3) is 11.1 Å². The van der Waals surface area contributed by atoms with Gasteiger partial charge in [0.2, 0.25) is 11.1 Å². The molecule has 3 N–H and O–H groups in total. The predicted octanol–water partition coefficient (Wildman–Crippen LogP) is 4.19. The van der Waals surface area contributed by atoms with Gasteiger partial charge in [-0.05, 0) is 38.2 Å². The summed E-state index contributed by atoms with van der Waals surface area (Å²) in [4.78, 5) is 22.8. The van der Waals surface area contributed by atoms with Crippen LogP contribution in [0.15, 0.2) is 78.0 Å². The molecule has 224 valence electrons. The van der Waals surface area contributed by atoms with Crippen molar-refractivity contribution in [3.05, 3.63) is 95.1 Å². The van der Waals surface area contributed by atoms with E-state index in [9.17, 15) is 14.7 Å². The smallest absolute Gasteiger partial charge is 0.303 e. The van der Waals surface area contributed by atoms with E-state index < -0.39 is 12.3 Å². The van der Waals surface area contributed by atoms with Crippen LogP contribution in [-0.2, 0) is 39.3 Å². The van der Waals surface area contributed by atoms with E-state index in [2.05, 4.69) is 20.8 Å². The molecule has 5 rings (SSSR count). The first kappa shape index (κ1) is 30.4. The van der Waals surface area contributed by atoms with Gasteiger partial charge < -0.3 is 25.0 Å². The molecule has 0 spiro atoms. The molecule has 1 aliphatic rings. The first-order valence-corrected chi connectivity index (χ1v) is 14.9. The number of nitrogens with one attached hydrogen (secondary N) is 1. The number of amides is 1. The topological polar surface area (TPSA) is 149 Å². The molecule has 1 amide bonds. The first-order chi connectivity index (χ1) is 20.9. The van der Waals surface area contributed by atoms with Crippen molar-refractivity contribution >= 4 is 23.6 Å². The molecular weight excluding hydrogens is 570 g/mol. The van der Waals surface area contributed by atoms with Crippen LogP contribution in [0, 0.1) is 0 Å². The highest BCUT2D eigenvalue weighted by Gasteiger charge is 2.32. The average Bonchev–Trinajstić information content (AvgIpc) is 3.46. The minimum atomic E-state index is -1.000. The average molecular weight is 604 g/mol. The molecule has 43 heavy (non-hydrogen) atoms. The van der Waals surface area contributed by atoms with Crippen molar-refractivity contribution in [2.24, 2.45) is 7.05 Å². The van der Waals surface area contributed by atoms with Crippen LogP contribution >= 0.6 is 11.8 Å². The highest BCUT2D eigenvalue weighted by molar-refractivity contribution is 7.99. The Balaban J connectivity index is 1.31. The van der Waals surface area contributed by atoms with E-state index in [0.29, 0.717) is 23.9 Å². The van der Waals surface area contributed by atoms with Crippen molar-refractivity contribution in [3.8, 4) is 11.1 Å². The van der Waals surface area contributed by atoms with Crippen LogP contribution in [0.1, 0.15) is 53.9 Å². The molecule has 3 atom stereocenters. The third kappa shape index (κ3) is 8.05. The number of aryl methyl sites for hydroxylation is 1. The largest absolute Gasteiger partial charge is 0.481 e. The second kappa shape index (κ2) is 14.4. The van der Waals surface area contributed by atoms with Crippen molar-refractivity contribution in [1.82, 2.24) is 25.5 Å². The molecular formula is C31H33N5O6S. The van der Waals surface area contributed by atoms with Gasteiger partial charge in [-0.1, -0.05) is 84.6 Å². The van der Waals surface area contributed by atoms with Crippen LogP contribution in [0.3, 0.4) is 0 Å². The monoisotopic (exact) mass is 603 g/mol. The number of benzene rings is 3. The van der Waals surface area contributed by atoms with Gasteiger partial charge in [-0.25, -0.2) is 4.68 Å². The Morgan fingerprint density at radius 1 is 1.00 bits per heavy atom. The Bertz CT molecular complexity index is 1530. The number of carboxylic acid groups (broad SMARTS) is 1. The normalized spacial score (nSPS) is 18.3. The van der Waals surface area contributed by atoms with E-state index in [0.717, 1.165) is 33.4 Å². The zero-order valence-electron chi connectivity index (χ0n) is 23.6. The van der Waals surface area contributed by atoms with Gasteiger partial charge in [0.05, 0.1) is 25.2 Å². The Labute approximate surface area is 253 Å². The van der Waals surface area contributed by atoms with Crippen LogP contribution < -0.4 is 5.32 Å². The standard InChI is InChI=1S/C31H33N5O6S/c1-36-31(33-34-35-36)43-19-25-16-27(22-8-6-20(18-37)7-9-22)42-30(41-25)23-12-10-21(11-13-23)26-5-3-2-4-24(26)17-32-28(38)14-15-29(39)40/h2-13,25,27,30,37H,14-19H2,1H3,(H,32,38)(H,39,40)/t25-,27+,30+/m1/s1. The number of ether oxygens (including phenoxy) is 2. The van der Waals surface area contributed by atoms with E-state index in [-0.39, 0.29) is 37.6 Å². The molecule has 1 aromatic heterocycles. The van der Waals surface area contributed by atoms with E-state index in [4.69, 9.17) is 14.6 Å². The summed E-state index contributed by atoms with van der Waals surface area (Å²) in [6.45, 7) is 0.275. The second-order valence-electron chi connectivity index (χ2n) is 10.2. The molecule has 11 nitrogen and oxygen atoms in total. The summed E-state index contributed by atoms with van der Waals surface area (Å²) in [7, 11) is 1.80. The number of tetrazole rings is 1. The molecule has 0 radical (unpaired) electrons. The molecule has 1 fully saturated rings. The third-order valence-corrected chi connectivity index (χ3v) is 8.29. The summed E-state index contributed by atoms with van der Waals surface area (Å²) in [5, 5.41) is 33.5. The van der Waals surface area contributed by atoms with Gasteiger partial charge in [-0.15, -0.1) is 5.10 Å². The summed E-state index contributed by atoms with van der Waals surface area (Å²) in [6.07, 6.45) is -0.553. The lowest BCUT2D eigenvalue weighted by Crippen LogP contribution is -2.31. The fourth-order valence-corrected chi connectivity index (χ4v) is 5.68. The van der Waals surface area contributed by atoms with Crippen LogP contribution in [-0.4, -0.2) is 54.2 Å². The molecule has 1 saturated heterocycles. The van der Waals surface area contributed by atoms with Gasteiger partial charge in [0, 0.05) is 37.8 Å². The van der Waals surface area contributed by atoms with Crippen molar-refractivity contribution < 1.29 is 29.3 Å². The molecule has 0 aliphatic carbocycles. The van der Waals surface area contributed by atoms with E-state index in [1.165, 1.54) is 11.8 Å². The van der Waals surface area contributed by atoms with Gasteiger partial charge in [-0.2, -0.15) is 0 Å². The Morgan fingerprint density at radius 2 is 1.74 bits per heavy atom. The minimum absolute atomic E-state index is 0.0187. The lowest BCUT2D eigenvalue weighted by molar-refractivity contribution is -0.245. The van der Waals surface area contributed by atoms with Gasteiger partial charge in [0.15, 0.2) is 6.29 Å². The molecule has 0 bridgehead atoms. The van der Waals surface area contributed by atoms with E-state index in [1.807, 2.05) is 72.8 Å². The number of aliphatic hydroxyl groups is 1. The van der Waals surface area contributed by atoms with Crippen molar-refractivity contribution in [2.75, 3.05) is 5.75 Å². The molecule has 1 aliphatic heterocycles. The molecule has 3 aromatic carbocycles. The number of carboxylic acids is 1. The Morgan fingerprint density at radius 3 is 2.44 bits per heavy atom. The van der Waals surface area contributed by atoms with Gasteiger partial charge in [0.25, 0.3) is 0 Å². The molecule has 4 aromatic rings. The van der Waals surface area contributed by atoms with E-state index >= 15 is 0 Å². The number of hydrogen-bond acceptors (Lipinski definition) is 9. The maximum Gasteiger partial charge on any atom is 0.303 e. The number of rotatable bonds is 12. The van der Waals surface area contributed by atoms with Gasteiger partial charge >= 0.3 is 5.97 Å². The quantitative estimate of drug-likeness (QED) is 0.201. The zero-order valence-corrected chi connectivity index (χ0v) is 24.4. The number of carbonyl (C=O) groups is 2. The highest BCUT2D eigenvalue weighted by atomic mass is 32.2. The number of carbonyl (C=O) groups excluding carboxylic acids is 1. The highest BCUT2D eigenvalue weighted by Crippen LogP contribution is 2.39. The predicted molar refractivity (Wildman–Crippen MR) is 159 cm³/mol. The van der Waals surface area contributed by atoms with Gasteiger partial charge in [-0.3, -0.25) is 9.59 Å². The Kier molecular flexibility index (Phi) is 10.2. The number of thioether (sulfide) groups is 1. The molecule has 12 heteroatoms. The van der Waals surface area contributed by atoms with E-state index in [1.54, 1.807) is 11.7 Å². The SMILES string of the molecule is Cn1nnnc1SC[C@H]1C[C@@H](c2ccc(CO)cc2)O[C@@H](c2ccc(-c3ccccc3CNC(=O)CCC(=O)O)cc2)O1. The lowest BCUT2D eigenvalue weighted by Gasteiger charge is -2.36. The summed E-state index contributed by atoms with van der Waals surface area (Å²) in [5.74, 6) is -0.661. The number of aliphatic hydroxyl groups excluding tert-OH is 1. The lowest BCUT2D eigenvalue weighted by atomic mass is 9.97. The molecule has 0 saturated carbocycles. The Hall–Kier alpha value is -4.10. The summed E-state index contributed by atoms with van der Waals surface area (Å²) in [6, 6.07) is 23.5. The first-order valence-electron chi connectivity index (χ1n) is 13.9. The maximum absolute atomic E-state index is 12.1.